The topological polar surface area (TPSA) is 41.6 Å². The summed E-state index contributed by atoms with van der Waals surface area (Å²) in [7, 11) is 0. The lowest BCUT2D eigenvalue weighted by atomic mass is 10.1. The molecule has 1 N–H and O–H groups in total. The van der Waals surface area contributed by atoms with E-state index in [1.54, 1.807) is 0 Å². The van der Waals surface area contributed by atoms with Crippen LogP contribution in [0.15, 0.2) is 30.3 Å². The van der Waals surface area contributed by atoms with Crippen molar-refractivity contribution >= 4 is 17.7 Å². The highest BCUT2D eigenvalue weighted by Gasteiger charge is 2.29. The molecule has 2 saturated heterocycles. The summed E-state index contributed by atoms with van der Waals surface area (Å²) < 4.78 is 5.44. The van der Waals surface area contributed by atoms with Gasteiger partial charge in [-0.1, -0.05) is 30.3 Å². The van der Waals surface area contributed by atoms with Gasteiger partial charge >= 0.3 is 0 Å². The number of hydrogen-bond acceptors (Lipinski definition) is 4. The Balaban J connectivity index is 1.67. The van der Waals surface area contributed by atoms with Crippen molar-refractivity contribution in [3.8, 4) is 0 Å². The lowest BCUT2D eigenvalue weighted by molar-refractivity contribution is -0.134. The number of morpholine rings is 1. The Morgan fingerprint density at radius 3 is 3.00 bits per heavy atom. The van der Waals surface area contributed by atoms with Crippen LogP contribution in [-0.4, -0.2) is 54.7 Å². The van der Waals surface area contributed by atoms with Crippen molar-refractivity contribution < 1.29 is 9.53 Å². The molecule has 2 fully saturated rings. The molecule has 2 atom stereocenters. The van der Waals surface area contributed by atoms with Crippen molar-refractivity contribution in [1.82, 2.24) is 10.2 Å². The highest BCUT2D eigenvalue weighted by Crippen LogP contribution is 2.30. The van der Waals surface area contributed by atoms with Crippen LogP contribution in [0.25, 0.3) is 0 Å². The molecule has 0 aliphatic carbocycles. The summed E-state index contributed by atoms with van der Waals surface area (Å²) in [5, 5.41) is 3.37. The predicted molar refractivity (Wildman–Crippen MR) is 85.4 cm³/mol. The second kappa shape index (κ2) is 7.29. The molecule has 0 aromatic heterocycles. The first-order valence-corrected chi connectivity index (χ1v) is 8.73. The molecule has 2 unspecified atom stereocenters. The molecule has 4 nitrogen and oxygen atoms in total. The van der Waals surface area contributed by atoms with Crippen LogP contribution in [0.2, 0.25) is 0 Å². The number of nitrogens with one attached hydrogen (secondary N) is 1. The molecule has 0 radical (unpaired) electrons. The fourth-order valence-corrected chi connectivity index (χ4v) is 4.02. The number of amides is 1. The minimum absolute atomic E-state index is 0.164. The van der Waals surface area contributed by atoms with Gasteiger partial charge in [0.25, 0.3) is 0 Å². The number of thioether (sulfide) groups is 1. The monoisotopic (exact) mass is 306 g/mol. The van der Waals surface area contributed by atoms with Crippen LogP contribution in [0.1, 0.15) is 18.0 Å². The van der Waals surface area contributed by atoms with Gasteiger partial charge in [0.05, 0.1) is 19.3 Å². The van der Waals surface area contributed by atoms with E-state index >= 15 is 0 Å². The Morgan fingerprint density at radius 1 is 1.38 bits per heavy atom. The van der Waals surface area contributed by atoms with Crippen molar-refractivity contribution in [3.63, 3.8) is 0 Å². The van der Waals surface area contributed by atoms with Crippen LogP contribution in [0, 0.1) is 0 Å². The Labute approximate surface area is 130 Å². The zero-order chi connectivity index (χ0) is 14.5. The molecule has 2 aliphatic rings. The van der Waals surface area contributed by atoms with Crippen molar-refractivity contribution in [3.05, 3.63) is 35.9 Å². The van der Waals surface area contributed by atoms with Crippen molar-refractivity contribution in [1.29, 1.82) is 0 Å². The van der Waals surface area contributed by atoms with Crippen LogP contribution in [0.3, 0.4) is 0 Å². The van der Waals surface area contributed by atoms with Gasteiger partial charge in [-0.15, -0.1) is 0 Å². The average Bonchev–Trinajstić information content (AvgIpc) is 2.56. The molecule has 1 amide bonds. The minimum atomic E-state index is 0.164. The van der Waals surface area contributed by atoms with Crippen LogP contribution >= 0.6 is 11.8 Å². The van der Waals surface area contributed by atoms with Gasteiger partial charge in [-0.25, -0.2) is 0 Å². The zero-order valence-corrected chi connectivity index (χ0v) is 13.0. The number of hydrogen-bond donors (Lipinski definition) is 1. The highest BCUT2D eigenvalue weighted by atomic mass is 32.2. The molecular formula is C16H22N2O2S. The minimum Gasteiger partial charge on any atom is -0.378 e. The van der Waals surface area contributed by atoms with Gasteiger partial charge in [0.15, 0.2) is 0 Å². The number of nitrogens with zero attached hydrogens (tertiary/aromatic N) is 1. The first-order chi connectivity index (χ1) is 10.3. The number of carbonyl (C=O) groups excluding carboxylic acids is 1. The molecular weight excluding hydrogens is 284 g/mol. The molecule has 114 valence electrons. The maximum absolute atomic E-state index is 12.7. The smallest absolute Gasteiger partial charge is 0.224 e. The summed E-state index contributed by atoms with van der Waals surface area (Å²) in [6.07, 6.45) is 0.536. The van der Waals surface area contributed by atoms with Gasteiger partial charge < -0.3 is 15.0 Å². The summed E-state index contributed by atoms with van der Waals surface area (Å²) >= 11 is 1.93. The van der Waals surface area contributed by atoms with Gasteiger partial charge in [0.2, 0.25) is 5.91 Å². The van der Waals surface area contributed by atoms with Crippen LogP contribution in [0.5, 0.6) is 0 Å². The predicted octanol–water partition coefficient (Wildman–Crippen LogP) is 1.68. The first kappa shape index (κ1) is 14.9. The molecule has 0 saturated carbocycles. The van der Waals surface area contributed by atoms with E-state index in [2.05, 4.69) is 22.3 Å². The molecule has 1 aromatic rings. The average molecular weight is 306 g/mol. The first-order valence-electron chi connectivity index (χ1n) is 7.58. The fraction of sp³-hybridized carbons (Fsp3) is 0.562. The van der Waals surface area contributed by atoms with Crippen molar-refractivity contribution in [2.75, 3.05) is 37.8 Å². The standard InChI is InChI=1S/C16H22N2O2S/c19-16(10-14-11-20-8-6-17-14)18-7-9-21-12-15(18)13-4-2-1-3-5-13/h1-5,14-15,17H,6-12H2. The van der Waals surface area contributed by atoms with E-state index in [1.807, 2.05) is 30.0 Å². The summed E-state index contributed by atoms with van der Waals surface area (Å²) in [5.41, 5.74) is 1.24. The lowest BCUT2D eigenvalue weighted by Crippen LogP contribution is -2.47. The quantitative estimate of drug-likeness (QED) is 0.922. The van der Waals surface area contributed by atoms with Crippen LogP contribution < -0.4 is 5.32 Å². The molecule has 5 heteroatoms. The molecule has 0 bridgehead atoms. The van der Waals surface area contributed by atoms with Gasteiger partial charge in [0.1, 0.15) is 0 Å². The third-order valence-corrected chi connectivity index (χ3v) is 5.08. The Kier molecular flexibility index (Phi) is 5.17. The molecule has 2 aliphatic heterocycles. The largest absolute Gasteiger partial charge is 0.378 e. The van der Waals surface area contributed by atoms with Gasteiger partial charge in [-0.2, -0.15) is 11.8 Å². The third kappa shape index (κ3) is 3.78. The number of carbonyl (C=O) groups is 1. The molecule has 2 heterocycles. The van der Waals surface area contributed by atoms with E-state index in [0.29, 0.717) is 13.0 Å². The molecule has 0 spiro atoms. The second-order valence-corrected chi connectivity index (χ2v) is 6.67. The number of rotatable bonds is 3. The zero-order valence-electron chi connectivity index (χ0n) is 12.2. The lowest BCUT2D eigenvalue weighted by Gasteiger charge is -2.37. The maximum Gasteiger partial charge on any atom is 0.224 e. The van der Waals surface area contributed by atoms with E-state index in [0.717, 1.165) is 31.2 Å². The van der Waals surface area contributed by atoms with Gasteiger partial charge in [0, 0.05) is 37.1 Å². The second-order valence-electron chi connectivity index (χ2n) is 5.52. The summed E-state index contributed by atoms with van der Waals surface area (Å²) in [5.74, 6) is 2.26. The maximum atomic E-state index is 12.7. The summed E-state index contributed by atoms with van der Waals surface area (Å²) in [6, 6.07) is 10.7. The summed E-state index contributed by atoms with van der Waals surface area (Å²) in [4.78, 5) is 14.7. The van der Waals surface area contributed by atoms with Gasteiger partial charge in [-0.3, -0.25) is 4.79 Å². The molecule has 21 heavy (non-hydrogen) atoms. The van der Waals surface area contributed by atoms with E-state index in [1.165, 1.54) is 5.56 Å². The van der Waals surface area contributed by atoms with Crippen molar-refractivity contribution in [2.45, 2.75) is 18.5 Å². The fourth-order valence-electron chi connectivity index (χ4n) is 2.93. The Hall–Kier alpha value is -1.04. The van der Waals surface area contributed by atoms with E-state index in [4.69, 9.17) is 4.74 Å². The Morgan fingerprint density at radius 2 is 2.24 bits per heavy atom. The van der Waals surface area contributed by atoms with E-state index in [-0.39, 0.29) is 18.0 Å². The molecule has 3 rings (SSSR count). The van der Waals surface area contributed by atoms with Crippen molar-refractivity contribution in [2.24, 2.45) is 0 Å². The third-order valence-electron chi connectivity index (χ3n) is 4.05. The SMILES string of the molecule is O=C(CC1COCCN1)N1CCSCC1c1ccccc1. The van der Waals surface area contributed by atoms with Crippen LogP contribution in [-0.2, 0) is 9.53 Å². The highest BCUT2D eigenvalue weighted by molar-refractivity contribution is 7.99. The number of ether oxygens (including phenoxy) is 1. The number of benzene rings is 1. The van der Waals surface area contributed by atoms with Crippen LogP contribution in [0.4, 0.5) is 0 Å². The van der Waals surface area contributed by atoms with E-state index < -0.39 is 0 Å². The van der Waals surface area contributed by atoms with Gasteiger partial charge in [-0.05, 0) is 5.56 Å². The summed E-state index contributed by atoms with van der Waals surface area (Å²) in [6.45, 7) is 3.08. The van der Waals surface area contributed by atoms with E-state index in [9.17, 15) is 4.79 Å². The Bertz CT molecular complexity index is 463. The normalized spacial score (nSPS) is 26.6. The molecule has 1 aromatic carbocycles.